The Kier molecular flexibility index (Phi) is 3.05. The van der Waals surface area contributed by atoms with Crippen molar-refractivity contribution >= 4 is 11.6 Å². The van der Waals surface area contributed by atoms with E-state index < -0.39 is 0 Å². The van der Waals surface area contributed by atoms with Crippen molar-refractivity contribution in [3.05, 3.63) is 29.6 Å². The lowest BCUT2D eigenvalue weighted by molar-refractivity contribution is -0.119. The van der Waals surface area contributed by atoms with Gasteiger partial charge in [-0.25, -0.2) is 4.39 Å². The quantitative estimate of drug-likeness (QED) is 0.904. The number of nitrogens with zero attached hydrogens (tertiary/aromatic N) is 1. The predicted octanol–water partition coefficient (Wildman–Crippen LogP) is 2.23. The van der Waals surface area contributed by atoms with Crippen molar-refractivity contribution in [2.45, 2.75) is 32.1 Å². The number of carbonyl (C=O) groups is 1. The van der Waals surface area contributed by atoms with E-state index in [0.29, 0.717) is 19.5 Å². The Labute approximate surface area is 112 Å². The molecule has 2 aliphatic rings. The van der Waals surface area contributed by atoms with Crippen LogP contribution in [-0.2, 0) is 11.2 Å². The Morgan fingerprint density at radius 1 is 1.32 bits per heavy atom. The molecule has 0 saturated heterocycles. The van der Waals surface area contributed by atoms with Gasteiger partial charge in [0.15, 0.2) is 0 Å². The van der Waals surface area contributed by atoms with Crippen LogP contribution in [-0.4, -0.2) is 19.0 Å². The first-order valence-electron chi connectivity index (χ1n) is 6.92. The fraction of sp³-hybridized carbons (Fsp3) is 0.533. The van der Waals surface area contributed by atoms with Crippen molar-refractivity contribution in [2.24, 2.45) is 11.1 Å². The average Bonchev–Trinajstić information content (AvgIpc) is 3.14. The zero-order chi connectivity index (χ0) is 13.5. The molecule has 0 atom stereocenters. The van der Waals surface area contributed by atoms with Gasteiger partial charge in [-0.2, -0.15) is 0 Å². The van der Waals surface area contributed by atoms with Crippen LogP contribution in [0.5, 0.6) is 0 Å². The molecule has 1 heterocycles. The summed E-state index contributed by atoms with van der Waals surface area (Å²) in [6.07, 6.45) is 4.44. The minimum atomic E-state index is -0.276. The van der Waals surface area contributed by atoms with E-state index >= 15 is 0 Å². The number of amides is 1. The maximum Gasteiger partial charge on any atom is 0.227 e. The molecule has 0 bridgehead atoms. The van der Waals surface area contributed by atoms with Crippen molar-refractivity contribution in [1.29, 1.82) is 0 Å². The van der Waals surface area contributed by atoms with Gasteiger partial charge in [-0.3, -0.25) is 4.79 Å². The molecule has 1 aromatic carbocycles. The maximum atomic E-state index is 13.4. The Bertz CT molecular complexity index is 511. The summed E-state index contributed by atoms with van der Waals surface area (Å²) in [5.41, 5.74) is 7.67. The molecule has 2 N–H and O–H groups in total. The summed E-state index contributed by atoms with van der Waals surface area (Å²) in [7, 11) is 0. The number of hydrogen-bond donors (Lipinski definition) is 1. The summed E-state index contributed by atoms with van der Waals surface area (Å²) in [5.74, 6) is -0.163. The third-order valence-corrected chi connectivity index (χ3v) is 4.37. The fourth-order valence-electron chi connectivity index (χ4n) is 2.99. The molecule has 1 amide bonds. The van der Waals surface area contributed by atoms with Gasteiger partial charge >= 0.3 is 0 Å². The van der Waals surface area contributed by atoms with Gasteiger partial charge in [0.2, 0.25) is 5.91 Å². The third-order valence-electron chi connectivity index (χ3n) is 4.37. The molecule has 19 heavy (non-hydrogen) atoms. The van der Waals surface area contributed by atoms with E-state index in [1.54, 1.807) is 11.0 Å². The van der Waals surface area contributed by atoms with E-state index in [-0.39, 0.29) is 17.1 Å². The second kappa shape index (κ2) is 4.60. The standard InChI is InChI=1S/C15H19FN2O/c16-12-3-1-11-2-4-14(19)18(13(11)9-12)10-15(5-6-15)7-8-17/h1,3,9H,2,4-8,10,17H2. The Morgan fingerprint density at radius 2 is 2.11 bits per heavy atom. The van der Waals surface area contributed by atoms with Gasteiger partial charge in [0.05, 0.1) is 0 Å². The van der Waals surface area contributed by atoms with Crippen molar-refractivity contribution in [2.75, 3.05) is 18.0 Å². The highest BCUT2D eigenvalue weighted by Gasteiger charge is 2.44. The average molecular weight is 262 g/mol. The number of rotatable bonds is 4. The summed E-state index contributed by atoms with van der Waals surface area (Å²) >= 11 is 0. The topological polar surface area (TPSA) is 46.3 Å². The first-order chi connectivity index (χ1) is 9.13. The summed E-state index contributed by atoms with van der Waals surface area (Å²) in [6.45, 7) is 1.34. The maximum absolute atomic E-state index is 13.4. The highest BCUT2D eigenvalue weighted by atomic mass is 19.1. The molecule has 1 saturated carbocycles. The number of aryl methyl sites for hydroxylation is 1. The summed E-state index contributed by atoms with van der Waals surface area (Å²) in [4.78, 5) is 13.9. The molecule has 3 nitrogen and oxygen atoms in total. The monoisotopic (exact) mass is 262 g/mol. The van der Waals surface area contributed by atoms with Crippen LogP contribution in [0.4, 0.5) is 10.1 Å². The lowest BCUT2D eigenvalue weighted by Crippen LogP contribution is -2.40. The molecule has 0 radical (unpaired) electrons. The van der Waals surface area contributed by atoms with Crippen LogP contribution in [0.3, 0.4) is 0 Å². The van der Waals surface area contributed by atoms with E-state index in [4.69, 9.17) is 5.73 Å². The van der Waals surface area contributed by atoms with Crippen LogP contribution in [0, 0.1) is 11.2 Å². The van der Waals surface area contributed by atoms with Crippen molar-refractivity contribution in [3.8, 4) is 0 Å². The van der Waals surface area contributed by atoms with Crippen LogP contribution in [0.25, 0.3) is 0 Å². The lowest BCUT2D eigenvalue weighted by atomic mass is 9.96. The van der Waals surface area contributed by atoms with E-state index in [2.05, 4.69) is 0 Å². The molecular weight excluding hydrogens is 243 g/mol. The number of halogens is 1. The van der Waals surface area contributed by atoms with E-state index in [1.165, 1.54) is 12.1 Å². The molecule has 1 aliphatic carbocycles. The number of anilines is 1. The van der Waals surface area contributed by atoms with Gasteiger partial charge in [-0.15, -0.1) is 0 Å². The number of nitrogens with two attached hydrogens (primary N) is 1. The van der Waals surface area contributed by atoms with E-state index in [9.17, 15) is 9.18 Å². The van der Waals surface area contributed by atoms with Gasteiger partial charge < -0.3 is 10.6 Å². The molecule has 102 valence electrons. The first kappa shape index (κ1) is 12.6. The summed E-state index contributed by atoms with van der Waals surface area (Å²) in [6, 6.07) is 4.76. The first-order valence-corrected chi connectivity index (χ1v) is 6.92. The van der Waals surface area contributed by atoms with Crippen LogP contribution in [0.1, 0.15) is 31.2 Å². The van der Waals surface area contributed by atoms with E-state index in [0.717, 1.165) is 36.9 Å². The summed E-state index contributed by atoms with van der Waals surface area (Å²) in [5, 5.41) is 0. The second-order valence-electron chi connectivity index (χ2n) is 5.79. The van der Waals surface area contributed by atoms with E-state index in [1.807, 2.05) is 0 Å². The van der Waals surface area contributed by atoms with Crippen LogP contribution in [0.2, 0.25) is 0 Å². The van der Waals surface area contributed by atoms with Gasteiger partial charge in [0.1, 0.15) is 5.82 Å². The Hall–Kier alpha value is -1.42. The second-order valence-corrected chi connectivity index (χ2v) is 5.79. The number of carbonyl (C=O) groups excluding carboxylic acids is 1. The molecule has 1 aromatic rings. The minimum absolute atomic E-state index is 0.112. The van der Waals surface area contributed by atoms with Crippen LogP contribution in [0.15, 0.2) is 18.2 Å². The number of benzene rings is 1. The van der Waals surface area contributed by atoms with Crippen LogP contribution < -0.4 is 10.6 Å². The molecule has 3 rings (SSSR count). The van der Waals surface area contributed by atoms with Crippen molar-refractivity contribution < 1.29 is 9.18 Å². The lowest BCUT2D eigenvalue weighted by Gasteiger charge is -2.32. The SMILES string of the molecule is NCCC1(CN2C(=O)CCc3ccc(F)cc32)CC1. The number of fused-ring (bicyclic) bond motifs is 1. The zero-order valence-electron chi connectivity index (χ0n) is 11.0. The van der Waals surface area contributed by atoms with Crippen molar-refractivity contribution in [3.63, 3.8) is 0 Å². The molecule has 4 heteroatoms. The normalized spacial score (nSPS) is 20.3. The van der Waals surface area contributed by atoms with Crippen molar-refractivity contribution in [1.82, 2.24) is 0 Å². The highest BCUT2D eigenvalue weighted by Crippen LogP contribution is 2.50. The fourth-order valence-corrected chi connectivity index (χ4v) is 2.99. The third kappa shape index (κ3) is 2.37. The smallest absolute Gasteiger partial charge is 0.227 e. The largest absolute Gasteiger partial charge is 0.330 e. The molecule has 0 unspecified atom stereocenters. The van der Waals surface area contributed by atoms with Gasteiger partial charge in [0.25, 0.3) is 0 Å². The summed E-state index contributed by atoms with van der Waals surface area (Å²) < 4.78 is 13.4. The predicted molar refractivity (Wildman–Crippen MR) is 72.4 cm³/mol. The van der Waals surface area contributed by atoms with Gasteiger partial charge in [-0.05, 0) is 55.3 Å². The van der Waals surface area contributed by atoms with Crippen LogP contribution >= 0.6 is 0 Å². The molecule has 0 aromatic heterocycles. The molecule has 0 spiro atoms. The molecular formula is C15H19FN2O. The zero-order valence-corrected chi connectivity index (χ0v) is 11.0. The molecule has 1 fully saturated rings. The highest BCUT2D eigenvalue weighted by molar-refractivity contribution is 5.96. The number of hydrogen-bond acceptors (Lipinski definition) is 2. The molecule has 1 aliphatic heterocycles. The Morgan fingerprint density at radius 3 is 2.79 bits per heavy atom. The van der Waals surface area contributed by atoms with Gasteiger partial charge in [-0.1, -0.05) is 6.07 Å². The minimum Gasteiger partial charge on any atom is -0.330 e. The van der Waals surface area contributed by atoms with Gasteiger partial charge in [0, 0.05) is 18.7 Å². The Balaban J connectivity index is 1.88.